The molecule has 1 aliphatic rings. The number of likely N-dealkylation sites (tertiary alicyclic amines) is 1. The van der Waals surface area contributed by atoms with Gasteiger partial charge in [-0.3, -0.25) is 4.79 Å². The van der Waals surface area contributed by atoms with E-state index in [0.29, 0.717) is 11.5 Å². The molecular formula is C13H15BrFNO. The average Bonchev–Trinajstić information content (AvgIpc) is 2.39. The Morgan fingerprint density at radius 2 is 2.12 bits per heavy atom. The number of carbonyl (C=O) groups is 1. The molecule has 0 aliphatic carbocycles. The molecular weight excluding hydrogens is 285 g/mol. The second-order valence-electron chi connectivity index (χ2n) is 4.42. The first-order valence-corrected chi connectivity index (χ1v) is 6.93. The van der Waals surface area contributed by atoms with Gasteiger partial charge in [0.1, 0.15) is 5.82 Å². The summed E-state index contributed by atoms with van der Waals surface area (Å²) in [6.45, 7) is 1.60. The normalized spacial score (nSPS) is 20.4. The summed E-state index contributed by atoms with van der Waals surface area (Å²) in [5, 5.41) is 0.931. The molecule has 1 aliphatic heterocycles. The van der Waals surface area contributed by atoms with Gasteiger partial charge in [0.15, 0.2) is 0 Å². The number of hydrogen-bond donors (Lipinski definition) is 0. The van der Waals surface area contributed by atoms with E-state index in [-0.39, 0.29) is 11.7 Å². The molecule has 4 heteroatoms. The predicted molar refractivity (Wildman–Crippen MR) is 68.8 cm³/mol. The standard InChI is InChI=1S/C13H15BrFNO/c14-8-10-2-1-7-16(9-10)13(17)11-3-5-12(15)6-4-11/h3-6,10H,1-2,7-9H2. The van der Waals surface area contributed by atoms with E-state index in [4.69, 9.17) is 0 Å². The van der Waals surface area contributed by atoms with Crippen LogP contribution < -0.4 is 0 Å². The number of nitrogens with zero attached hydrogens (tertiary/aromatic N) is 1. The number of benzene rings is 1. The number of alkyl halides is 1. The van der Waals surface area contributed by atoms with Crippen molar-refractivity contribution in [2.45, 2.75) is 12.8 Å². The summed E-state index contributed by atoms with van der Waals surface area (Å²) in [7, 11) is 0. The molecule has 2 nitrogen and oxygen atoms in total. The van der Waals surface area contributed by atoms with Gasteiger partial charge in [0.05, 0.1) is 0 Å². The molecule has 1 aromatic carbocycles. The maximum Gasteiger partial charge on any atom is 0.253 e. The van der Waals surface area contributed by atoms with Crippen LogP contribution in [0.25, 0.3) is 0 Å². The highest BCUT2D eigenvalue weighted by Crippen LogP contribution is 2.20. The SMILES string of the molecule is O=C(c1ccc(F)cc1)N1CCCC(CBr)C1. The first-order chi connectivity index (χ1) is 8.20. The summed E-state index contributed by atoms with van der Waals surface area (Å²) >= 11 is 3.47. The lowest BCUT2D eigenvalue weighted by molar-refractivity contribution is 0.0686. The lowest BCUT2D eigenvalue weighted by Gasteiger charge is -2.32. The molecule has 0 bridgehead atoms. The molecule has 1 unspecified atom stereocenters. The van der Waals surface area contributed by atoms with Crippen LogP contribution in [0.1, 0.15) is 23.2 Å². The van der Waals surface area contributed by atoms with Crippen molar-refractivity contribution in [3.8, 4) is 0 Å². The van der Waals surface area contributed by atoms with E-state index in [0.717, 1.165) is 24.8 Å². The lowest BCUT2D eigenvalue weighted by atomic mass is 9.99. The first kappa shape index (κ1) is 12.6. The van der Waals surface area contributed by atoms with Crippen LogP contribution >= 0.6 is 15.9 Å². The Kier molecular flexibility index (Phi) is 4.15. The minimum absolute atomic E-state index is 0.00986. The number of amides is 1. The van der Waals surface area contributed by atoms with E-state index in [1.54, 1.807) is 12.1 Å². The number of piperidine rings is 1. The van der Waals surface area contributed by atoms with Crippen molar-refractivity contribution in [1.82, 2.24) is 4.90 Å². The van der Waals surface area contributed by atoms with E-state index in [1.165, 1.54) is 18.6 Å². The lowest BCUT2D eigenvalue weighted by Crippen LogP contribution is -2.40. The highest BCUT2D eigenvalue weighted by molar-refractivity contribution is 9.09. The van der Waals surface area contributed by atoms with Gasteiger partial charge in [-0.1, -0.05) is 15.9 Å². The van der Waals surface area contributed by atoms with Crippen molar-refractivity contribution in [3.05, 3.63) is 35.6 Å². The molecule has 92 valence electrons. The number of rotatable bonds is 2. The van der Waals surface area contributed by atoms with Crippen molar-refractivity contribution in [1.29, 1.82) is 0 Å². The molecule has 2 rings (SSSR count). The quantitative estimate of drug-likeness (QED) is 0.769. The van der Waals surface area contributed by atoms with Gasteiger partial charge < -0.3 is 4.90 Å². The summed E-state index contributed by atoms with van der Waals surface area (Å²) in [5.41, 5.74) is 0.571. The minimum atomic E-state index is -0.307. The molecule has 0 saturated carbocycles. The van der Waals surface area contributed by atoms with E-state index in [9.17, 15) is 9.18 Å². The number of halogens is 2. The summed E-state index contributed by atoms with van der Waals surface area (Å²) in [4.78, 5) is 14.0. The Morgan fingerprint density at radius 3 is 2.76 bits per heavy atom. The Morgan fingerprint density at radius 1 is 1.41 bits per heavy atom. The van der Waals surface area contributed by atoms with Gasteiger partial charge in [-0.15, -0.1) is 0 Å². The Bertz CT molecular complexity index is 393. The van der Waals surface area contributed by atoms with E-state index in [1.807, 2.05) is 4.90 Å². The van der Waals surface area contributed by atoms with Gasteiger partial charge in [0.25, 0.3) is 5.91 Å². The number of hydrogen-bond acceptors (Lipinski definition) is 1. The highest BCUT2D eigenvalue weighted by atomic mass is 79.9. The zero-order chi connectivity index (χ0) is 12.3. The largest absolute Gasteiger partial charge is 0.338 e. The van der Waals surface area contributed by atoms with Crippen molar-refractivity contribution in [2.75, 3.05) is 18.4 Å². The summed E-state index contributed by atoms with van der Waals surface area (Å²) in [6, 6.07) is 5.77. The van der Waals surface area contributed by atoms with Gasteiger partial charge in [0, 0.05) is 24.0 Å². The highest BCUT2D eigenvalue weighted by Gasteiger charge is 2.23. The van der Waals surface area contributed by atoms with Crippen LogP contribution in [-0.2, 0) is 0 Å². The third-order valence-electron chi connectivity index (χ3n) is 3.12. The Hall–Kier alpha value is -0.900. The van der Waals surface area contributed by atoms with Gasteiger partial charge >= 0.3 is 0 Å². The van der Waals surface area contributed by atoms with Gasteiger partial charge in [0.2, 0.25) is 0 Å². The fraction of sp³-hybridized carbons (Fsp3) is 0.462. The van der Waals surface area contributed by atoms with Crippen molar-refractivity contribution >= 4 is 21.8 Å². The molecule has 1 fully saturated rings. The zero-order valence-electron chi connectivity index (χ0n) is 9.53. The molecule has 1 aromatic rings. The van der Waals surface area contributed by atoms with Crippen LogP contribution in [0.3, 0.4) is 0 Å². The van der Waals surface area contributed by atoms with Crippen molar-refractivity contribution in [2.24, 2.45) is 5.92 Å². The van der Waals surface area contributed by atoms with E-state index < -0.39 is 0 Å². The topological polar surface area (TPSA) is 20.3 Å². The molecule has 0 aromatic heterocycles. The van der Waals surface area contributed by atoms with Crippen LogP contribution in [0.15, 0.2) is 24.3 Å². The van der Waals surface area contributed by atoms with Gasteiger partial charge in [-0.05, 0) is 43.0 Å². The molecule has 1 heterocycles. The molecule has 0 N–H and O–H groups in total. The first-order valence-electron chi connectivity index (χ1n) is 5.81. The number of carbonyl (C=O) groups excluding carboxylic acids is 1. The third-order valence-corrected chi connectivity index (χ3v) is 4.03. The fourth-order valence-electron chi connectivity index (χ4n) is 2.15. The summed E-state index contributed by atoms with van der Waals surface area (Å²) in [6.07, 6.45) is 2.21. The monoisotopic (exact) mass is 299 g/mol. The van der Waals surface area contributed by atoms with Crippen molar-refractivity contribution < 1.29 is 9.18 Å². The average molecular weight is 300 g/mol. The van der Waals surface area contributed by atoms with Crippen LogP contribution in [0, 0.1) is 11.7 Å². The van der Waals surface area contributed by atoms with Crippen LogP contribution in [0.4, 0.5) is 4.39 Å². The van der Waals surface area contributed by atoms with Gasteiger partial charge in [-0.25, -0.2) is 4.39 Å². The van der Waals surface area contributed by atoms with Gasteiger partial charge in [-0.2, -0.15) is 0 Å². The predicted octanol–water partition coefficient (Wildman–Crippen LogP) is 3.07. The van der Waals surface area contributed by atoms with Crippen LogP contribution in [0.5, 0.6) is 0 Å². The maximum absolute atomic E-state index is 12.8. The zero-order valence-corrected chi connectivity index (χ0v) is 11.1. The molecule has 0 spiro atoms. The summed E-state index contributed by atoms with van der Waals surface area (Å²) in [5.74, 6) is 0.238. The molecule has 1 saturated heterocycles. The van der Waals surface area contributed by atoms with Crippen LogP contribution in [-0.4, -0.2) is 29.2 Å². The van der Waals surface area contributed by atoms with Crippen molar-refractivity contribution in [3.63, 3.8) is 0 Å². The maximum atomic E-state index is 12.8. The molecule has 0 radical (unpaired) electrons. The smallest absolute Gasteiger partial charge is 0.253 e. The molecule has 17 heavy (non-hydrogen) atoms. The Balaban J connectivity index is 2.06. The molecule has 1 atom stereocenters. The fourth-order valence-corrected chi connectivity index (χ4v) is 2.68. The van der Waals surface area contributed by atoms with E-state index in [2.05, 4.69) is 15.9 Å². The second kappa shape index (κ2) is 5.63. The van der Waals surface area contributed by atoms with E-state index >= 15 is 0 Å². The summed E-state index contributed by atoms with van der Waals surface area (Å²) < 4.78 is 12.8. The van der Waals surface area contributed by atoms with Crippen LogP contribution in [0.2, 0.25) is 0 Å². The minimum Gasteiger partial charge on any atom is -0.338 e. The molecule has 1 amide bonds. The Labute approximate surface area is 109 Å². The second-order valence-corrected chi connectivity index (χ2v) is 5.07. The third kappa shape index (κ3) is 3.06.